The summed E-state index contributed by atoms with van der Waals surface area (Å²) in [6.07, 6.45) is 5.20. The molecule has 0 saturated heterocycles. The maximum atomic E-state index is 13.0. The fraction of sp³-hybridized carbons (Fsp3) is 0.556. The van der Waals surface area contributed by atoms with Crippen LogP contribution in [0.5, 0.6) is 0 Å². The first kappa shape index (κ1) is 13.8. The molecule has 1 aliphatic heterocycles. The van der Waals surface area contributed by atoms with E-state index in [-0.39, 0.29) is 17.7 Å². The minimum Gasteiger partial charge on any atom is -0.368 e. The first-order valence-electron chi connectivity index (χ1n) is 8.30. The molecule has 4 rings (SSSR count). The monoisotopic (exact) mass is 298 g/mol. The Labute approximate surface area is 130 Å². The summed E-state index contributed by atoms with van der Waals surface area (Å²) in [6, 6.07) is 7.56. The van der Waals surface area contributed by atoms with Crippen molar-refractivity contribution in [2.75, 3.05) is 0 Å². The highest BCUT2D eigenvalue weighted by molar-refractivity contribution is 5.88. The maximum Gasteiger partial charge on any atom is 0.240 e. The molecule has 1 heterocycles. The number of carbonyl (C=O) groups excluding carboxylic acids is 2. The molecule has 22 heavy (non-hydrogen) atoms. The van der Waals surface area contributed by atoms with Gasteiger partial charge in [-0.1, -0.05) is 30.7 Å². The van der Waals surface area contributed by atoms with Crippen LogP contribution in [-0.4, -0.2) is 22.8 Å². The van der Waals surface area contributed by atoms with Crippen molar-refractivity contribution < 1.29 is 9.59 Å². The van der Waals surface area contributed by atoms with Crippen LogP contribution < -0.4 is 5.73 Å². The van der Waals surface area contributed by atoms with E-state index in [1.54, 1.807) is 4.90 Å². The van der Waals surface area contributed by atoms with Crippen molar-refractivity contribution >= 4 is 11.8 Å². The summed E-state index contributed by atoms with van der Waals surface area (Å²) in [5.74, 6) is 1.15. The van der Waals surface area contributed by atoms with Crippen molar-refractivity contribution in [1.29, 1.82) is 0 Å². The van der Waals surface area contributed by atoms with Gasteiger partial charge in [-0.2, -0.15) is 0 Å². The van der Waals surface area contributed by atoms with Crippen molar-refractivity contribution in [2.45, 2.75) is 44.7 Å². The van der Waals surface area contributed by atoms with Gasteiger partial charge in [-0.3, -0.25) is 9.59 Å². The molecule has 4 nitrogen and oxygen atoms in total. The number of hydrogen-bond donors (Lipinski definition) is 1. The summed E-state index contributed by atoms with van der Waals surface area (Å²) in [7, 11) is 0. The number of carbonyl (C=O) groups is 2. The number of primary amides is 1. The summed E-state index contributed by atoms with van der Waals surface area (Å²) >= 11 is 0. The van der Waals surface area contributed by atoms with E-state index in [1.165, 1.54) is 19.3 Å². The minimum atomic E-state index is -0.485. The zero-order chi connectivity index (χ0) is 15.3. The van der Waals surface area contributed by atoms with Crippen molar-refractivity contribution in [3.05, 3.63) is 35.4 Å². The average molecular weight is 298 g/mol. The molecule has 3 aliphatic rings. The zero-order valence-electron chi connectivity index (χ0n) is 12.7. The first-order chi connectivity index (χ1) is 10.6. The molecule has 1 aromatic carbocycles. The lowest BCUT2D eigenvalue weighted by atomic mass is 9.85. The summed E-state index contributed by atoms with van der Waals surface area (Å²) in [4.78, 5) is 26.7. The molecule has 2 bridgehead atoms. The van der Waals surface area contributed by atoms with Gasteiger partial charge in [0.15, 0.2) is 0 Å². The quantitative estimate of drug-likeness (QED) is 0.906. The zero-order valence-corrected chi connectivity index (χ0v) is 12.7. The number of nitrogens with two attached hydrogens (primary N) is 1. The van der Waals surface area contributed by atoms with E-state index in [4.69, 9.17) is 5.73 Å². The average Bonchev–Trinajstić information content (AvgIpc) is 3.15. The molecule has 0 radical (unpaired) electrons. The predicted octanol–water partition coefficient (Wildman–Crippen LogP) is 1.86. The van der Waals surface area contributed by atoms with Crippen LogP contribution in [0.4, 0.5) is 0 Å². The lowest BCUT2D eigenvalue weighted by molar-refractivity contribution is -0.145. The fourth-order valence-corrected chi connectivity index (χ4v) is 4.77. The number of rotatable bonds is 2. The third-order valence-corrected chi connectivity index (χ3v) is 5.92. The van der Waals surface area contributed by atoms with Crippen LogP contribution in [0.15, 0.2) is 24.3 Å². The minimum absolute atomic E-state index is 0.117. The van der Waals surface area contributed by atoms with Gasteiger partial charge in [-0.25, -0.2) is 0 Å². The van der Waals surface area contributed by atoms with Crippen LogP contribution in [0.25, 0.3) is 0 Å². The molecular weight excluding hydrogens is 276 g/mol. The third-order valence-electron chi connectivity index (χ3n) is 5.92. The van der Waals surface area contributed by atoms with Crippen LogP contribution >= 0.6 is 0 Å². The van der Waals surface area contributed by atoms with Gasteiger partial charge in [0.2, 0.25) is 11.8 Å². The van der Waals surface area contributed by atoms with Crippen molar-refractivity contribution in [3.8, 4) is 0 Å². The van der Waals surface area contributed by atoms with Gasteiger partial charge in [-0.15, -0.1) is 0 Å². The molecule has 1 aromatic rings. The summed E-state index contributed by atoms with van der Waals surface area (Å²) in [5.41, 5.74) is 7.89. The molecule has 4 atom stereocenters. The highest BCUT2D eigenvalue weighted by Crippen LogP contribution is 2.49. The van der Waals surface area contributed by atoms with Crippen molar-refractivity contribution in [2.24, 2.45) is 23.5 Å². The topological polar surface area (TPSA) is 63.4 Å². The first-order valence-corrected chi connectivity index (χ1v) is 8.30. The van der Waals surface area contributed by atoms with Crippen LogP contribution in [0.3, 0.4) is 0 Å². The van der Waals surface area contributed by atoms with E-state index in [1.807, 2.05) is 24.3 Å². The molecule has 2 N–H and O–H groups in total. The maximum absolute atomic E-state index is 13.0. The standard InChI is InChI=1S/C18H22N2O2/c19-17(21)16-9-12-3-1-2-4-14(12)10-20(16)18(22)15-8-11-5-6-13(15)7-11/h1-4,11,13,15-16H,5-10H2,(H2,19,21)/t11-,13-,15+,16-/m0/s1. The van der Waals surface area contributed by atoms with Crippen molar-refractivity contribution in [3.63, 3.8) is 0 Å². The van der Waals surface area contributed by atoms with Gasteiger partial charge in [0, 0.05) is 18.9 Å². The largest absolute Gasteiger partial charge is 0.368 e. The van der Waals surface area contributed by atoms with Crippen LogP contribution in [0, 0.1) is 17.8 Å². The van der Waals surface area contributed by atoms with Crippen LogP contribution in [-0.2, 0) is 22.6 Å². The highest BCUT2D eigenvalue weighted by atomic mass is 16.2. The molecule has 2 fully saturated rings. The number of amides is 2. The second-order valence-corrected chi connectivity index (χ2v) is 7.14. The Balaban J connectivity index is 1.61. The van der Waals surface area contributed by atoms with Crippen molar-refractivity contribution in [1.82, 2.24) is 4.90 Å². The SMILES string of the molecule is NC(=O)[C@@H]1Cc2ccccc2CN1C(=O)[C@@H]1C[C@H]2CC[C@H]1C2. The predicted molar refractivity (Wildman–Crippen MR) is 82.6 cm³/mol. The van der Waals surface area contributed by atoms with Gasteiger partial charge in [-0.05, 0) is 42.2 Å². The van der Waals surface area contributed by atoms with Crippen LogP contribution in [0.1, 0.15) is 36.8 Å². The molecule has 2 saturated carbocycles. The molecule has 0 spiro atoms. The van der Waals surface area contributed by atoms with E-state index in [2.05, 4.69) is 0 Å². The third kappa shape index (κ3) is 2.13. The number of hydrogen-bond acceptors (Lipinski definition) is 2. The fourth-order valence-electron chi connectivity index (χ4n) is 4.77. The number of nitrogens with zero attached hydrogens (tertiary/aromatic N) is 1. The van der Waals surface area contributed by atoms with E-state index in [9.17, 15) is 9.59 Å². The normalized spacial score (nSPS) is 32.8. The Kier molecular flexibility index (Phi) is 3.21. The Hall–Kier alpha value is -1.84. The lowest BCUT2D eigenvalue weighted by Crippen LogP contribution is -2.53. The van der Waals surface area contributed by atoms with Gasteiger partial charge in [0.05, 0.1) is 0 Å². The highest BCUT2D eigenvalue weighted by Gasteiger charge is 2.46. The molecule has 116 valence electrons. The molecule has 0 unspecified atom stereocenters. The number of benzene rings is 1. The second-order valence-electron chi connectivity index (χ2n) is 7.14. The van der Waals surface area contributed by atoms with E-state index >= 15 is 0 Å². The van der Waals surface area contributed by atoms with Gasteiger partial charge in [0.1, 0.15) is 6.04 Å². The molecule has 2 amide bonds. The Morgan fingerprint density at radius 2 is 1.86 bits per heavy atom. The lowest BCUT2D eigenvalue weighted by Gasteiger charge is -2.38. The summed E-state index contributed by atoms with van der Waals surface area (Å²) in [5, 5.41) is 0. The summed E-state index contributed by atoms with van der Waals surface area (Å²) < 4.78 is 0. The Morgan fingerprint density at radius 1 is 1.09 bits per heavy atom. The molecule has 2 aliphatic carbocycles. The van der Waals surface area contributed by atoms with Crippen LogP contribution in [0.2, 0.25) is 0 Å². The Bertz CT molecular complexity index is 627. The van der Waals surface area contributed by atoms with Gasteiger partial charge < -0.3 is 10.6 Å². The van der Waals surface area contributed by atoms with E-state index < -0.39 is 6.04 Å². The summed E-state index contributed by atoms with van der Waals surface area (Å²) in [6.45, 7) is 0.524. The molecule has 4 heteroatoms. The van der Waals surface area contributed by atoms with E-state index in [0.29, 0.717) is 18.9 Å². The Morgan fingerprint density at radius 3 is 2.50 bits per heavy atom. The smallest absolute Gasteiger partial charge is 0.240 e. The second kappa shape index (κ2) is 5.11. The van der Waals surface area contributed by atoms with Gasteiger partial charge in [0.25, 0.3) is 0 Å². The molecule has 0 aromatic heterocycles. The molecular formula is C18H22N2O2. The van der Waals surface area contributed by atoms with Gasteiger partial charge >= 0.3 is 0 Å². The van der Waals surface area contributed by atoms with E-state index in [0.717, 1.165) is 23.5 Å². The number of fused-ring (bicyclic) bond motifs is 3.